The predicted octanol–water partition coefficient (Wildman–Crippen LogP) is 3.00. The van der Waals surface area contributed by atoms with E-state index in [1.165, 1.54) is 0 Å². The van der Waals surface area contributed by atoms with Gasteiger partial charge in [0.05, 0.1) is 0 Å². The van der Waals surface area contributed by atoms with E-state index in [0.717, 1.165) is 0 Å². The third kappa shape index (κ3) is 8.56. The lowest BCUT2D eigenvalue weighted by Gasteiger charge is -2.27. The first kappa shape index (κ1) is 12.5. The van der Waals surface area contributed by atoms with E-state index in [1.54, 1.807) is 0 Å². The van der Waals surface area contributed by atoms with Gasteiger partial charge in [-0.1, -0.05) is 15.8 Å². The van der Waals surface area contributed by atoms with Crippen molar-refractivity contribution in [3.8, 4) is 0 Å². The van der Waals surface area contributed by atoms with Crippen molar-refractivity contribution in [1.82, 2.24) is 0 Å². The lowest BCUT2D eigenvalue weighted by Crippen LogP contribution is -2.34. The second kappa shape index (κ2) is 4.12. The summed E-state index contributed by atoms with van der Waals surface area (Å²) in [4.78, 5) is 0. The summed E-state index contributed by atoms with van der Waals surface area (Å²) in [5, 5.41) is 0. The Hall–Kier alpha value is 0.465. The topological polar surface area (TPSA) is 18.5 Å². The van der Waals surface area contributed by atoms with Gasteiger partial charge in [-0.05, 0) is 41.5 Å². The van der Waals surface area contributed by atoms with Crippen molar-refractivity contribution in [2.24, 2.45) is 0 Å². The molecule has 0 amide bonds. The van der Waals surface area contributed by atoms with Gasteiger partial charge in [0, 0.05) is 11.2 Å². The van der Waals surface area contributed by atoms with Crippen molar-refractivity contribution in [1.29, 1.82) is 0 Å². The van der Waals surface area contributed by atoms with E-state index < -0.39 is 0 Å². The second-order valence-electron chi connectivity index (χ2n) is 4.73. The van der Waals surface area contributed by atoms with Crippen molar-refractivity contribution in [3.63, 3.8) is 0 Å². The largest absolute Gasteiger partial charge is 0.540 e. The first-order chi connectivity index (χ1) is 5.10. The van der Waals surface area contributed by atoms with Gasteiger partial charge >= 0.3 is 5.94 Å². The molecule has 0 radical (unpaired) electrons. The van der Waals surface area contributed by atoms with Crippen LogP contribution in [0.3, 0.4) is 0 Å². The smallest absolute Gasteiger partial charge is 0.397 e. The molecule has 72 valence electrons. The maximum Gasteiger partial charge on any atom is 0.540 e. The minimum absolute atomic E-state index is 0.181. The molecule has 0 heterocycles. The molecule has 0 bridgehead atoms. The Morgan fingerprint density at radius 1 is 0.833 bits per heavy atom. The van der Waals surface area contributed by atoms with E-state index in [9.17, 15) is 0 Å². The van der Waals surface area contributed by atoms with Gasteiger partial charge in [0.2, 0.25) is 0 Å². The Morgan fingerprint density at radius 2 is 1.08 bits per heavy atom. The summed E-state index contributed by atoms with van der Waals surface area (Å²) in [6, 6.07) is 0. The lowest BCUT2D eigenvalue weighted by atomic mass is 10.1. The van der Waals surface area contributed by atoms with Crippen molar-refractivity contribution >= 4 is 21.7 Å². The third-order valence-corrected chi connectivity index (χ3v) is 1.27. The van der Waals surface area contributed by atoms with Crippen LogP contribution < -0.4 is 0 Å². The maximum absolute atomic E-state index is 5.51. The molecule has 0 N–H and O–H groups in total. The Balaban J connectivity index is 3.83. The molecule has 4 heteroatoms. The van der Waals surface area contributed by atoms with E-state index in [-0.39, 0.29) is 17.1 Å². The van der Waals surface area contributed by atoms with Crippen LogP contribution in [-0.4, -0.2) is 17.1 Å². The molecule has 0 saturated heterocycles. The number of hydrogen-bond donors (Lipinski definition) is 0. The average Bonchev–Trinajstić information content (AvgIpc) is 1.49. The van der Waals surface area contributed by atoms with Crippen LogP contribution in [0, 0.1) is 0 Å². The van der Waals surface area contributed by atoms with E-state index in [0.29, 0.717) is 0 Å². The zero-order chi connectivity index (χ0) is 9.99. The standard InChI is InChI=1S/C8H18BBrO2/c1-7(2,3)11-9(10)12-8(4,5)6/h1-6H3. The van der Waals surface area contributed by atoms with Crippen LogP contribution in [0.4, 0.5) is 0 Å². The van der Waals surface area contributed by atoms with E-state index in [1.807, 2.05) is 41.5 Å². The van der Waals surface area contributed by atoms with Gasteiger partial charge in [-0.25, -0.2) is 0 Å². The number of halogens is 1. The molecule has 12 heavy (non-hydrogen) atoms. The predicted molar refractivity (Wildman–Crippen MR) is 56.4 cm³/mol. The molecule has 0 aromatic heterocycles. The van der Waals surface area contributed by atoms with E-state index in [2.05, 4.69) is 15.8 Å². The van der Waals surface area contributed by atoms with Crippen molar-refractivity contribution in [2.75, 3.05) is 0 Å². The van der Waals surface area contributed by atoms with E-state index >= 15 is 0 Å². The van der Waals surface area contributed by atoms with E-state index in [4.69, 9.17) is 9.31 Å². The molecule has 0 aliphatic heterocycles. The number of rotatable bonds is 2. The van der Waals surface area contributed by atoms with Crippen molar-refractivity contribution < 1.29 is 9.31 Å². The van der Waals surface area contributed by atoms with Crippen LogP contribution in [0.2, 0.25) is 0 Å². The van der Waals surface area contributed by atoms with Gasteiger partial charge < -0.3 is 9.31 Å². The van der Waals surface area contributed by atoms with Crippen molar-refractivity contribution in [2.45, 2.75) is 52.7 Å². The van der Waals surface area contributed by atoms with Gasteiger partial charge in [-0.2, -0.15) is 0 Å². The minimum atomic E-state index is -0.336. The molecule has 0 unspecified atom stereocenters. The highest BCUT2D eigenvalue weighted by molar-refractivity contribution is 9.24. The van der Waals surface area contributed by atoms with Crippen LogP contribution in [0.25, 0.3) is 0 Å². The Morgan fingerprint density at radius 3 is 1.25 bits per heavy atom. The van der Waals surface area contributed by atoms with Crippen LogP contribution in [0.1, 0.15) is 41.5 Å². The summed E-state index contributed by atoms with van der Waals surface area (Å²) < 4.78 is 11.0. The lowest BCUT2D eigenvalue weighted by molar-refractivity contribution is 0.0471. The molecule has 2 nitrogen and oxygen atoms in total. The quantitative estimate of drug-likeness (QED) is 0.687. The fraction of sp³-hybridized carbons (Fsp3) is 1.00. The normalized spacial score (nSPS) is 13.2. The summed E-state index contributed by atoms with van der Waals surface area (Å²) in [6.07, 6.45) is 0. The molecule has 0 aromatic carbocycles. The summed E-state index contributed by atoms with van der Waals surface area (Å²) in [7, 11) is 0. The molecular formula is C8H18BBrO2. The van der Waals surface area contributed by atoms with Crippen LogP contribution in [-0.2, 0) is 9.31 Å². The molecule has 0 rings (SSSR count). The van der Waals surface area contributed by atoms with Crippen molar-refractivity contribution in [3.05, 3.63) is 0 Å². The summed E-state index contributed by atoms with van der Waals surface area (Å²) >= 11 is 3.30. The van der Waals surface area contributed by atoms with Gasteiger partial charge in [-0.15, -0.1) is 0 Å². The molecule has 0 atom stereocenters. The first-order valence-electron chi connectivity index (χ1n) is 4.10. The summed E-state index contributed by atoms with van der Waals surface area (Å²) in [6.45, 7) is 12.0. The summed E-state index contributed by atoms with van der Waals surface area (Å²) in [5.41, 5.74) is -0.362. The zero-order valence-corrected chi connectivity index (χ0v) is 10.4. The highest BCUT2D eigenvalue weighted by Crippen LogP contribution is 2.18. The molecule has 0 spiro atoms. The fourth-order valence-corrected chi connectivity index (χ4v) is 1.70. The third-order valence-electron chi connectivity index (χ3n) is 0.892. The molecule has 0 aromatic rings. The monoisotopic (exact) mass is 236 g/mol. The Bertz CT molecular complexity index is 121. The zero-order valence-electron chi connectivity index (χ0n) is 8.77. The van der Waals surface area contributed by atoms with Gasteiger partial charge in [0.1, 0.15) is 0 Å². The first-order valence-corrected chi connectivity index (χ1v) is 5.01. The molecular weight excluding hydrogens is 219 g/mol. The van der Waals surface area contributed by atoms with Crippen LogP contribution in [0.5, 0.6) is 0 Å². The van der Waals surface area contributed by atoms with Crippen LogP contribution in [0.15, 0.2) is 0 Å². The minimum Gasteiger partial charge on any atom is -0.397 e. The fourth-order valence-electron chi connectivity index (χ4n) is 0.580. The van der Waals surface area contributed by atoms with Gasteiger partial charge in [0.15, 0.2) is 0 Å². The Labute approximate surface area is 84.1 Å². The molecule has 0 saturated carbocycles. The Kier molecular flexibility index (Phi) is 4.28. The highest BCUT2D eigenvalue weighted by atomic mass is 79.9. The molecule has 0 aliphatic carbocycles. The maximum atomic E-state index is 5.51. The van der Waals surface area contributed by atoms with Gasteiger partial charge in [0.25, 0.3) is 0 Å². The molecule has 0 aliphatic rings. The molecule has 0 fully saturated rings. The second-order valence-corrected chi connectivity index (χ2v) is 5.48. The van der Waals surface area contributed by atoms with Crippen LogP contribution >= 0.6 is 15.8 Å². The van der Waals surface area contributed by atoms with Gasteiger partial charge in [-0.3, -0.25) is 0 Å². The summed E-state index contributed by atoms with van der Waals surface area (Å²) in [5.74, 6) is -0.336. The number of hydrogen-bond acceptors (Lipinski definition) is 2. The highest BCUT2D eigenvalue weighted by Gasteiger charge is 2.26. The average molecular weight is 237 g/mol. The SMILES string of the molecule is CC(C)(C)OB(Br)OC(C)(C)C.